The molecule has 0 amide bonds. The van der Waals surface area contributed by atoms with Crippen molar-refractivity contribution < 1.29 is 4.42 Å². The van der Waals surface area contributed by atoms with E-state index in [-0.39, 0.29) is 0 Å². The van der Waals surface area contributed by atoms with Crippen molar-refractivity contribution in [2.24, 2.45) is 0 Å². The molecule has 0 saturated carbocycles. The van der Waals surface area contributed by atoms with Crippen molar-refractivity contribution in [3.8, 4) is 39.4 Å². The zero-order chi connectivity index (χ0) is 45.6. The van der Waals surface area contributed by atoms with Gasteiger partial charge < -0.3 is 18.8 Å². The summed E-state index contributed by atoms with van der Waals surface area (Å²) in [7, 11) is 0. The minimum atomic E-state index is 0.634. The molecule has 0 saturated heterocycles. The van der Waals surface area contributed by atoms with Gasteiger partial charge in [0.15, 0.2) is 5.58 Å². The quantitative estimate of drug-likeness (QED) is 0.137. The Hall–Kier alpha value is -8.93. The van der Waals surface area contributed by atoms with Gasteiger partial charge in [-0.1, -0.05) is 127 Å². The Morgan fingerprint density at radius 3 is 1.51 bits per heavy atom. The molecule has 68 heavy (non-hydrogen) atoms. The molecule has 2 aromatic heterocycles. The van der Waals surface area contributed by atoms with E-state index < -0.39 is 0 Å². The summed E-state index contributed by atoms with van der Waals surface area (Å²) in [5.41, 5.74) is 19.6. The van der Waals surface area contributed by atoms with Crippen molar-refractivity contribution >= 4 is 67.0 Å². The first kappa shape index (κ1) is 40.6. The number of aromatic nitrogens is 2. The predicted octanol–water partition coefficient (Wildman–Crippen LogP) is 17.5. The van der Waals surface area contributed by atoms with Crippen molar-refractivity contribution in [2.45, 2.75) is 13.8 Å². The highest BCUT2D eigenvalue weighted by atomic mass is 16.3. The van der Waals surface area contributed by atoms with Crippen LogP contribution in [0.15, 0.2) is 247 Å². The first-order valence-corrected chi connectivity index (χ1v) is 23.1. The average Bonchev–Trinajstić information content (AvgIpc) is 3.97. The van der Waals surface area contributed by atoms with Crippen molar-refractivity contribution in [3.05, 3.63) is 254 Å². The topological polar surface area (TPSA) is 37.4 Å². The number of anilines is 6. The third-order valence-electron chi connectivity index (χ3n) is 13.1. The lowest BCUT2D eigenvalue weighted by molar-refractivity contribution is 0.620. The van der Waals surface area contributed by atoms with E-state index in [1.807, 2.05) is 30.3 Å². The number of fused-ring (bicyclic) bond motifs is 4. The molecule has 10 aromatic carbocycles. The lowest BCUT2D eigenvalue weighted by Crippen LogP contribution is -2.11. The first-order valence-electron chi connectivity index (χ1n) is 23.1. The number of rotatable bonds is 10. The van der Waals surface area contributed by atoms with Gasteiger partial charge in [-0.3, -0.25) is 0 Å². The standard InChI is InChI=1S/C63H46N4O/c1-43-17-15-16-26-59(43)66(51-24-13-6-14-25-51)54-34-38-61-57(42-54)56-41-53(65(49-20-9-4-10-21-49)50-22-11-5-12-23-50)33-37-60(56)67(61)52-31-27-45(28-32-52)47-29-35-55(44(2)39-47)48-30-36-58-62(40-48)68-63(64-58)46-18-7-3-8-19-46/h3-42H,1-2H3. The second-order valence-electron chi connectivity index (χ2n) is 17.3. The van der Waals surface area contributed by atoms with Crippen LogP contribution in [0.1, 0.15) is 11.1 Å². The zero-order valence-electron chi connectivity index (χ0n) is 37.8. The van der Waals surface area contributed by atoms with E-state index in [2.05, 4.69) is 241 Å². The lowest BCUT2D eigenvalue weighted by atomic mass is 9.95. The van der Waals surface area contributed by atoms with E-state index in [0.29, 0.717) is 5.89 Å². The van der Waals surface area contributed by atoms with Crippen LogP contribution in [0.25, 0.3) is 72.3 Å². The van der Waals surface area contributed by atoms with Crippen LogP contribution in [-0.4, -0.2) is 9.55 Å². The average molecular weight is 875 g/mol. The number of para-hydroxylation sites is 4. The molecule has 0 spiro atoms. The molecule has 5 nitrogen and oxygen atoms in total. The third-order valence-corrected chi connectivity index (χ3v) is 13.1. The summed E-state index contributed by atoms with van der Waals surface area (Å²) >= 11 is 0. The minimum Gasteiger partial charge on any atom is -0.436 e. The highest BCUT2D eigenvalue weighted by Crippen LogP contribution is 2.44. The van der Waals surface area contributed by atoms with E-state index in [0.717, 1.165) is 78.6 Å². The Labute approximate surface area is 396 Å². The third kappa shape index (κ3) is 7.37. The van der Waals surface area contributed by atoms with Gasteiger partial charge in [-0.2, -0.15) is 0 Å². The molecule has 2 heterocycles. The second kappa shape index (κ2) is 17.1. The predicted molar refractivity (Wildman–Crippen MR) is 283 cm³/mol. The normalized spacial score (nSPS) is 11.4. The fourth-order valence-corrected chi connectivity index (χ4v) is 9.74. The van der Waals surface area contributed by atoms with Gasteiger partial charge in [0.05, 0.1) is 11.0 Å². The van der Waals surface area contributed by atoms with Gasteiger partial charge in [0.1, 0.15) is 5.52 Å². The van der Waals surface area contributed by atoms with Gasteiger partial charge in [-0.05, 0) is 162 Å². The highest BCUT2D eigenvalue weighted by Gasteiger charge is 2.21. The summed E-state index contributed by atoms with van der Waals surface area (Å²) in [5.74, 6) is 0.634. The number of hydrogen-bond donors (Lipinski definition) is 0. The fourth-order valence-electron chi connectivity index (χ4n) is 9.74. The molecular weight excluding hydrogens is 829 g/mol. The molecule has 12 aromatic rings. The van der Waals surface area contributed by atoms with Crippen LogP contribution in [-0.2, 0) is 0 Å². The first-order chi connectivity index (χ1) is 33.5. The Morgan fingerprint density at radius 1 is 0.382 bits per heavy atom. The molecule has 0 fully saturated rings. The summed E-state index contributed by atoms with van der Waals surface area (Å²) in [5, 5.41) is 2.34. The maximum absolute atomic E-state index is 6.24. The number of aryl methyl sites for hydroxylation is 2. The largest absolute Gasteiger partial charge is 0.436 e. The van der Waals surface area contributed by atoms with Gasteiger partial charge in [0.25, 0.3) is 0 Å². The van der Waals surface area contributed by atoms with E-state index in [1.165, 1.54) is 33.0 Å². The summed E-state index contributed by atoms with van der Waals surface area (Å²) < 4.78 is 8.65. The Balaban J connectivity index is 0.957. The van der Waals surface area contributed by atoms with E-state index in [4.69, 9.17) is 9.40 Å². The molecule has 0 N–H and O–H groups in total. The van der Waals surface area contributed by atoms with Gasteiger partial charge in [0.2, 0.25) is 5.89 Å². The number of hydrogen-bond acceptors (Lipinski definition) is 4. The fraction of sp³-hybridized carbons (Fsp3) is 0.0317. The molecular formula is C63H46N4O. The minimum absolute atomic E-state index is 0.634. The van der Waals surface area contributed by atoms with Crippen molar-refractivity contribution in [1.29, 1.82) is 0 Å². The Kier molecular flexibility index (Phi) is 10.2. The zero-order valence-corrected chi connectivity index (χ0v) is 37.8. The van der Waals surface area contributed by atoms with Crippen LogP contribution in [0.4, 0.5) is 34.1 Å². The SMILES string of the molecule is Cc1cc(-c2ccc(-n3c4ccc(N(c5ccccc5)c5ccccc5)cc4c4cc(N(c5ccccc5)c5ccccc5C)ccc43)cc2)ccc1-c1ccc2nc(-c3ccccc3)oc2c1. The van der Waals surface area contributed by atoms with Crippen LogP contribution < -0.4 is 9.80 Å². The summed E-state index contributed by atoms with van der Waals surface area (Å²) in [6.07, 6.45) is 0. The molecule has 0 atom stereocenters. The van der Waals surface area contributed by atoms with Crippen molar-refractivity contribution in [2.75, 3.05) is 9.80 Å². The van der Waals surface area contributed by atoms with Gasteiger partial charge >= 0.3 is 0 Å². The van der Waals surface area contributed by atoms with Crippen LogP contribution in [0.5, 0.6) is 0 Å². The van der Waals surface area contributed by atoms with Gasteiger partial charge in [-0.15, -0.1) is 0 Å². The molecule has 0 unspecified atom stereocenters. The van der Waals surface area contributed by atoms with Crippen molar-refractivity contribution in [3.63, 3.8) is 0 Å². The molecule has 0 bridgehead atoms. The van der Waals surface area contributed by atoms with Crippen LogP contribution in [0, 0.1) is 13.8 Å². The molecule has 0 aliphatic heterocycles. The van der Waals surface area contributed by atoms with E-state index in [1.54, 1.807) is 0 Å². The van der Waals surface area contributed by atoms with Crippen molar-refractivity contribution in [1.82, 2.24) is 9.55 Å². The summed E-state index contributed by atoms with van der Waals surface area (Å²) in [4.78, 5) is 9.46. The Morgan fingerprint density at radius 2 is 0.912 bits per heavy atom. The lowest BCUT2D eigenvalue weighted by Gasteiger charge is -2.27. The summed E-state index contributed by atoms with van der Waals surface area (Å²) in [6.45, 7) is 4.37. The monoisotopic (exact) mass is 874 g/mol. The van der Waals surface area contributed by atoms with E-state index in [9.17, 15) is 0 Å². The van der Waals surface area contributed by atoms with Crippen LogP contribution in [0.3, 0.4) is 0 Å². The van der Waals surface area contributed by atoms with Gasteiger partial charge in [-0.25, -0.2) is 4.98 Å². The molecule has 12 rings (SSSR count). The number of nitrogens with zero attached hydrogens (tertiary/aromatic N) is 4. The van der Waals surface area contributed by atoms with Crippen LogP contribution >= 0.6 is 0 Å². The summed E-state index contributed by atoms with van der Waals surface area (Å²) in [6, 6.07) is 86.4. The van der Waals surface area contributed by atoms with E-state index >= 15 is 0 Å². The molecule has 0 radical (unpaired) electrons. The number of oxazole rings is 1. The Bertz CT molecular complexity index is 3710. The van der Waals surface area contributed by atoms with Crippen LogP contribution in [0.2, 0.25) is 0 Å². The highest BCUT2D eigenvalue weighted by molar-refractivity contribution is 6.12. The second-order valence-corrected chi connectivity index (χ2v) is 17.3. The van der Waals surface area contributed by atoms with Gasteiger partial charge in [0, 0.05) is 56.1 Å². The molecule has 324 valence electrons. The smallest absolute Gasteiger partial charge is 0.227 e. The molecule has 0 aliphatic carbocycles. The molecule has 5 heteroatoms. The maximum Gasteiger partial charge on any atom is 0.227 e. The number of benzene rings is 10. The molecule has 0 aliphatic rings. The maximum atomic E-state index is 6.24.